The van der Waals surface area contributed by atoms with Crippen molar-refractivity contribution in [2.45, 2.75) is 46.1 Å². The Bertz CT molecular complexity index is 429. The quantitative estimate of drug-likeness (QED) is 0.780. The summed E-state index contributed by atoms with van der Waals surface area (Å²) in [6.07, 6.45) is 3.76. The van der Waals surface area contributed by atoms with Gasteiger partial charge in [-0.2, -0.15) is 0 Å². The van der Waals surface area contributed by atoms with E-state index in [2.05, 4.69) is 48.1 Å². The molecule has 2 nitrogen and oxygen atoms in total. The van der Waals surface area contributed by atoms with E-state index >= 15 is 0 Å². The van der Waals surface area contributed by atoms with Gasteiger partial charge in [0.05, 0.1) is 11.4 Å². The molecule has 2 rings (SSSR count). The lowest BCUT2D eigenvalue weighted by Gasteiger charge is -2.39. The van der Waals surface area contributed by atoms with Crippen molar-refractivity contribution in [1.29, 1.82) is 0 Å². The topological polar surface area (TPSA) is 38.0 Å². The molecular weight excluding hydrogens is 288 g/mol. The molecule has 3 N–H and O–H groups in total. The Kier molecular flexibility index (Phi) is 3.90. The Morgan fingerprint density at radius 1 is 1.33 bits per heavy atom. The summed E-state index contributed by atoms with van der Waals surface area (Å²) in [7, 11) is 0. The fourth-order valence-electron chi connectivity index (χ4n) is 3.33. The minimum absolute atomic E-state index is 0.427. The van der Waals surface area contributed by atoms with Crippen LogP contribution in [0, 0.1) is 11.3 Å². The summed E-state index contributed by atoms with van der Waals surface area (Å²) < 4.78 is 1.07. The van der Waals surface area contributed by atoms with Crippen LogP contribution in [0.4, 0.5) is 11.4 Å². The monoisotopic (exact) mass is 310 g/mol. The molecule has 0 radical (unpaired) electrons. The zero-order valence-electron chi connectivity index (χ0n) is 11.5. The highest BCUT2D eigenvalue weighted by Gasteiger charge is 2.32. The maximum absolute atomic E-state index is 6.03. The third-order valence-electron chi connectivity index (χ3n) is 3.76. The second kappa shape index (κ2) is 5.12. The molecule has 0 aromatic heterocycles. The first kappa shape index (κ1) is 13.7. The van der Waals surface area contributed by atoms with Crippen LogP contribution in [0.2, 0.25) is 0 Å². The number of benzene rings is 1. The van der Waals surface area contributed by atoms with Crippen molar-refractivity contribution in [3.05, 3.63) is 22.7 Å². The van der Waals surface area contributed by atoms with E-state index in [9.17, 15) is 0 Å². The van der Waals surface area contributed by atoms with Crippen molar-refractivity contribution in [2.75, 3.05) is 11.1 Å². The van der Waals surface area contributed by atoms with Crippen LogP contribution in [0.1, 0.15) is 40.0 Å². The van der Waals surface area contributed by atoms with Crippen molar-refractivity contribution in [2.24, 2.45) is 11.3 Å². The van der Waals surface area contributed by atoms with Crippen LogP contribution in [0.3, 0.4) is 0 Å². The molecule has 1 aliphatic carbocycles. The summed E-state index contributed by atoms with van der Waals surface area (Å²) in [5, 5.41) is 3.62. The molecule has 0 bridgehead atoms. The molecule has 100 valence electrons. The molecule has 0 amide bonds. The van der Waals surface area contributed by atoms with Gasteiger partial charge in [0.2, 0.25) is 0 Å². The van der Waals surface area contributed by atoms with E-state index in [0.29, 0.717) is 11.5 Å². The van der Waals surface area contributed by atoms with Crippen LogP contribution < -0.4 is 11.1 Å². The van der Waals surface area contributed by atoms with E-state index in [1.54, 1.807) is 0 Å². The predicted molar refractivity (Wildman–Crippen MR) is 82.8 cm³/mol. The first-order valence-electron chi connectivity index (χ1n) is 6.67. The Balaban J connectivity index is 2.11. The summed E-state index contributed by atoms with van der Waals surface area (Å²) in [5.41, 5.74) is 8.34. The largest absolute Gasteiger partial charge is 0.397 e. The molecule has 0 unspecified atom stereocenters. The van der Waals surface area contributed by atoms with Crippen molar-refractivity contribution in [3.8, 4) is 0 Å². The molecule has 3 heteroatoms. The Morgan fingerprint density at radius 2 is 2.06 bits per heavy atom. The Morgan fingerprint density at radius 3 is 2.72 bits per heavy atom. The van der Waals surface area contributed by atoms with Gasteiger partial charge in [0.15, 0.2) is 0 Å². The summed E-state index contributed by atoms with van der Waals surface area (Å²) in [5.74, 6) is 0.777. The molecule has 18 heavy (non-hydrogen) atoms. The molecule has 1 aromatic rings. The lowest BCUT2D eigenvalue weighted by Crippen LogP contribution is -2.35. The first-order valence-corrected chi connectivity index (χ1v) is 7.46. The van der Waals surface area contributed by atoms with Crippen LogP contribution in [-0.4, -0.2) is 6.04 Å². The van der Waals surface area contributed by atoms with Gasteiger partial charge in [0, 0.05) is 10.5 Å². The molecule has 1 fully saturated rings. The number of halogens is 1. The summed E-state index contributed by atoms with van der Waals surface area (Å²) in [6, 6.07) is 6.53. The predicted octanol–water partition coefficient (Wildman–Crippen LogP) is 4.66. The molecule has 0 spiro atoms. The summed E-state index contributed by atoms with van der Waals surface area (Å²) >= 11 is 3.50. The summed E-state index contributed by atoms with van der Waals surface area (Å²) in [6.45, 7) is 7.07. The number of rotatable bonds is 2. The fraction of sp³-hybridized carbons (Fsp3) is 0.600. The van der Waals surface area contributed by atoms with Crippen LogP contribution in [0.15, 0.2) is 22.7 Å². The molecule has 1 aliphatic rings. The van der Waals surface area contributed by atoms with Gasteiger partial charge in [-0.25, -0.2) is 0 Å². The Labute approximate surface area is 118 Å². The van der Waals surface area contributed by atoms with E-state index in [-0.39, 0.29) is 0 Å². The summed E-state index contributed by atoms with van der Waals surface area (Å²) in [4.78, 5) is 0. The zero-order valence-corrected chi connectivity index (χ0v) is 13.0. The second-order valence-electron chi connectivity index (χ2n) is 6.49. The number of hydrogen-bond acceptors (Lipinski definition) is 2. The standard InChI is InChI=1S/C15H23BrN2/c1-10-6-12(9-15(2,3)8-10)18-14-7-11(16)4-5-13(14)17/h4-5,7,10,12,18H,6,8-9,17H2,1-3H3/t10-,12+/m0/s1. The van der Waals surface area contributed by atoms with E-state index in [1.807, 2.05) is 12.1 Å². The van der Waals surface area contributed by atoms with Gasteiger partial charge >= 0.3 is 0 Å². The van der Waals surface area contributed by atoms with E-state index in [0.717, 1.165) is 21.8 Å². The minimum atomic E-state index is 0.427. The molecule has 0 heterocycles. The van der Waals surface area contributed by atoms with Crippen LogP contribution in [0.25, 0.3) is 0 Å². The van der Waals surface area contributed by atoms with Crippen LogP contribution in [-0.2, 0) is 0 Å². The average Bonchev–Trinajstić information content (AvgIpc) is 2.20. The maximum atomic E-state index is 6.03. The van der Waals surface area contributed by atoms with Crippen molar-refractivity contribution >= 4 is 27.3 Å². The molecular formula is C15H23BrN2. The lowest BCUT2D eigenvalue weighted by atomic mass is 9.70. The highest BCUT2D eigenvalue weighted by atomic mass is 79.9. The normalized spacial score (nSPS) is 26.9. The second-order valence-corrected chi connectivity index (χ2v) is 7.40. The van der Waals surface area contributed by atoms with Gasteiger partial charge in [0.1, 0.15) is 0 Å². The number of hydrogen-bond donors (Lipinski definition) is 2. The number of nitrogen functional groups attached to an aromatic ring is 1. The molecule has 1 saturated carbocycles. The Hall–Kier alpha value is -0.700. The third kappa shape index (κ3) is 3.41. The molecule has 0 aliphatic heterocycles. The number of nitrogens with two attached hydrogens (primary N) is 1. The number of anilines is 2. The van der Waals surface area contributed by atoms with E-state index in [4.69, 9.17) is 5.73 Å². The van der Waals surface area contributed by atoms with E-state index < -0.39 is 0 Å². The zero-order chi connectivity index (χ0) is 13.3. The van der Waals surface area contributed by atoms with Crippen LogP contribution >= 0.6 is 15.9 Å². The molecule has 2 atom stereocenters. The van der Waals surface area contributed by atoms with Gasteiger partial charge in [-0.1, -0.05) is 36.7 Å². The van der Waals surface area contributed by atoms with Gasteiger partial charge in [-0.05, 0) is 48.8 Å². The van der Waals surface area contributed by atoms with Crippen molar-refractivity contribution in [3.63, 3.8) is 0 Å². The highest BCUT2D eigenvalue weighted by molar-refractivity contribution is 9.10. The lowest BCUT2D eigenvalue weighted by molar-refractivity contribution is 0.178. The van der Waals surface area contributed by atoms with Gasteiger partial charge < -0.3 is 11.1 Å². The average molecular weight is 311 g/mol. The van der Waals surface area contributed by atoms with Gasteiger partial charge in [0.25, 0.3) is 0 Å². The maximum Gasteiger partial charge on any atom is 0.0587 e. The van der Waals surface area contributed by atoms with Crippen LogP contribution in [0.5, 0.6) is 0 Å². The molecule has 1 aromatic carbocycles. The minimum Gasteiger partial charge on any atom is -0.397 e. The van der Waals surface area contributed by atoms with Gasteiger partial charge in [-0.15, -0.1) is 0 Å². The van der Waals surface area contributed by atoms with E-state index in [1.165, 1.54) is 19.3 Å². The highest BCUT2D eigenvalue weighted by Crippen LogP contribution is 2.40. The fourth-order valence-corrected chi connectivity index (χ4v) is 3.69. The third-order valence-corrected chi connectivity index (χ3v) is 4.26. The number of nitrogens with one attached hydrogen (secondary N) is 1. The van der Waals surface area contributed by atoms with Crippen molar-refractivity contribution < 1.29 is 0 Å². The molecule has 0 saturated heterocycles. The smallest absolute Gasteiger partial charge is 0.0587 e. The van der Waals surface area contributed by atoms with Gasteiger partial charge in [-0.3, -0.25) is 0 Å². The van der Waals surface area contributed by atoms with Crippen molar-refractivity contribution in [1.82, 2.24) is 0 Å². The first-order chi connectivity index (χ1) is 8.35. The SMILES string of the molecule is C[C@H]1C[C@@H](Nc2cc(Br)ccc2N)CC(C)(C)C1.